The molecule has 14 nitrogen and oxygen atoms in total. The molecule has 8 aromatic rings. The summed E-state index contributed by atoms with van der Waals surface area (Å²) in [6.07, 6.45) is 4.94. The minimum absolute atomic E-state index is 0.180. The Hall–Kier alpha value is -5.56. The average molecular weight is 827 g/mol. The van der Waals surface area contributed by atoms with Crippen LogP contribution in [0.25, 0.3) is 22.3 Å². The van der Waals surface area contributed by atoms with Crippen LogP contribution in [-0.4, -0.2) is 67.5 Å². The zero-order valence-electron chi connectivity index (χ0n) is 30.9. The van der Waals surface area contributed by atoms with Crippen molar-refractivity contribution in [2.24, 2.45) is 0 Å². The molecular weight excluding hydrogens is 789 g/mol. The molecular formula is C38H38N10O4S4. The topological polar surface area (TPSA) is 177 Å². The van der Waals surface area contributed by atoms with E-state index >= 15 is 0 Å². The van der Waals surface area contributed by atoms with Gasteiger partial charge in [-0.3, -0.25) is 5.41 Å². The Bertz CT molecular complexity index is 2610. The lowest BCUT2D eigenvalue weighted by molar-refractivity contribution is 0.394. The van der Waals surface area contributed by atoms with Crippen molar-refractivity contribution in [1.82, 2.24) is 39.0 Å². The average Bonchev–Trinajstić information content (AvgIpc) is 4.06. The monoisotopic (exact) mass is 826 g/mol. The van der Waals surface area contributed by atoms with Crippen LogP contribution in [0.1, 0.15) is 9.75 Å². The van der Waals surface area contributed by atoms with Crippen LogP contribution < -0.4 is 30.2 Å². The van der Waals surface area contributed by atoms with Crippen molar-refractivity contribution in [3.05, 3.63) is 99.3 Å². The van der Waals surface area contributed by atoms with E-state index in [0.29, 0.717) is 22.0 Å². The van der Waals surface area contributed by atoms with Gasteiger partial charge >= 0.3 is 0 Å². The van der Waals surface area contributed by atoms with Crippen LogP contribution >= 0.6 is 46.2 Å². The zero-order chi connectivity index (χ0) is 39.0. The quantitative estimate of drug-likeness (QED) is 0.0981. The Labute approximate surface area is 338 Å². The number of methoxy groups -OCH3 is 4. The Balaban J connectivity index is 0.000000172. The van der Waals surface area contributed by atoms with Gasteiger partial charge in [-0.2, -0.15) is 0 Å². The molecule has 0 saturated carbocycles. The first kappa shape index (κ1) is 38.7. The molecule has 8 rings (SSSR count). The molecule has 4 N–H and O–H groups in total. The number of thiophene rings is 2. The standard InChI is InChI=1S/2C19H19N5O2S2/c1-25-12-5-6-14(26-2)15(10-12)28-19-22-16-17(20)21-11-24(18(16)23-19)8-7-13-4-3-9-27-13;1-25-12-5-6-14(26-2)15(10-12)28-19-23-16-17(20)21-11-22-18(16)24(19)8-7-13-4-3-9-27-13/h3-6,9-11,20H,7-8H2,1-2H3,(H,22,23);3-6,9-11H,7-8H2,1-2H3,(H2,20,21,22). The number of nitrogens with zero attached hydrogens (tertiary/aromatic N) is 7. The summed E-state index contributed by atoms with van der Waals surface area (Å²) in [5.74, 6) is 3.36. The van der Waals surface area contributed by atoms with E-state index < -0.39 is 0 Å². The van der Waals surface area contributed by atoms with Crippen LogP contribution in [0.4, 0.5) is 5.82 Å². The number of aryl methyl sites for hydroxylation is 4. The second-order valence-corrected chi connectivity index (χ2v) is 16.0. The first-order chi connectivity index (χ1) is 27.4. The van der Waals surface area contributed by atoms with Crippen molar-refractivity contribution in [3.8, 4) is 23.0 Å². The van der Waals surface area contributed by atoms with E-state index in [1.165, 1.54) is 39.6 Å². The van der Waals surface area contributed by atoms with Crippen molar-refractivity contribution in [1.29, 1.82) is 5.41 Å². The van der Waals surface area contributed by atoms with Gasteiger partial charge in [-0.15, -0.1) is 22.7 Å². The lowest BCUT2D eigenvalue weighted by Crippen LogP contribution is -2.13. The number of nitrogen functional groups attached to an aromatic ring is 1. The van der Waals surface area contributed by atoms with Gasteiger partial charge in [0.05, 0.1) is 44.6 Å². The highest BCUT2D eigenvalue weighted by Crippen LogP contribution is 2.39. The lowest BCUT2D eigenvalue weighted by Gasteiger charge is -2.11. The summed E-state index contributed by atoms with van der Waals surface area (Å²) >= 11 is 6.40. The number of rotatable bonds is 14. The number of ether oxygens (including phenoxy) is 4. The third kappa shape index (κ3) is 8.78. The Kier molecular flexibility index (Phi) is 12.4. The van der Waals surface area contributed by atoms with Crippen molar-refractivity contribution >= 4 is 74.3 Å². The summed E-state index contributed by atoms with van der Waals surface area (Å²) in [5.41, 5.74) is 8.91. The Morgan fingerprint density at radius 3 is 2.00 bits per heavy atom. The predicted octanol–water partition coefficient (Wildman–Crippen LogP) is 7.59. The number of hydrogen-bond donors (Lipinski definition) is 3. The highest BCUT2D eigenvalue weighted by molar-refractivity contribution is 7.99. The Morgan fingerprint density at radius 2 is 1.39 bits per heavy atom. The maximum atomic E-state index is 8.12. The number of benzene rings is 2. The highest BCUT2D eigenvalue weighted by Gasteiger charge is 2.19. The molecule has 0 bridgehead atoms. The Morgan fingerprint density at radius 1 is 0.750 bits per heavy atom. The number of aromatic amines is 1. The number of nitrogens with two attached hydrogens (primary N) is 1. The number of hydrogen-bond acceptors (Lipinski definition) is 15. The van der Waals surface area contributed by atoms with E-state index in [4.69, 9.17) is 40.1 Å². The number of aromatic nitrogens is 8. The fourth-order valence-corrected chi connectivity index (χ4v) is 9.05. The second-order valence-electron chi connectivity index (χ2n) is 11.9. The maximum Gasteiger partial charge on any atom is 0.175 e. The molecule has 0 aliphatic carbocycles. The minimum Gasteiger partial charge on any atom is -0.497 e. The van der Waals surface area contributed by atoms with Gasteiger partial charge in [-0.05, 0) is 95.7 Å². The third-order valence-corrected chi connectivity index (χ3v) is 12.3. The van der Waals surface area contributed by atoms with E-state index in [0.717, 1.165) is 75.2 Å². The minimum atomic E-state index is 0.180. The van der Waals surface area contributed by atoms with Crippen LogP contribution in [0.5, 0.6) is 23.0 Å². The largest absolute Gasteiger partial charge is 0.497 e. The molecule has 0 amide bonds. The molecule has 0 saturated heterocycles. The van der Waals surface area contributed by atoms with Gasteiger partial charge in [0.25, 0.3) is 0 Å². The summed E-state index contributed by atoms with van der Waals surface area (Å²) in [6.45, 7) is 1.49. The SMILES string of the molecule is COc1ccc(OC)c(Sc2nc3c(N)ncnc3n2CCc2cccs2)c1.COc1ccc(OC)c(Sc2nc3c([nH]2)c(=N)ncn3CCc2cccs2)c1. The summed E-state index contributed by atoms with van der Waals surface area (Å²) in [7, 11) is 6.55. The van der Waals surface area contributed by atoms with Crippen LogP contribution in [0, 0.1) is 5.41 Å². The molecule has 0 atom stereocenters. The van der Waals surface area contributed by atoms with Crippen LogP contribution in [0.15, 0.2) is 104 Å². The number of imidazole rings is 2. The van der Waals surface area contributed by atoms with Crippen molar-refractivity contribution < 1.29 is 18.9 Å². The smallest absolute Gasteiger partial charge is 0.175 e. The summed E-state index contributed by atoms with van der Waals surface area (Å²) in [6, 6.07) is 19.7. The summed E-state index contributed by atoms with van der Waals surface area (Å²) in [4.78, 5) is 29.8. The molecule has 2 aromatic carbocycles. The normalized spacial score (nSPS) is 11.1. The van der Waals surface area contributed by atoms with Crippen molar-refractivity contribution in [2.45, 2.75) is 46.0 Å². The molecule has 6 heterocycles. The van der Waals surface area contributed by atoms with Crippen molar-refractivity contribution in [3.63, 3.8) is 0 Å². The molecule has 0 aliphatic rings. The van der Waals surface area contributed by atoms with Crippen molar-refractivity contribution in [2.75, 3.05) is 34.2 Å². The summed E-state index contributed by atoms with van der Waals surface area (Å²) in [5, 5.41) is 13.7. The summed E-state index contributed by atoms with van der Waals surface area (Å²) < 4.78 is 25.7. The fourth-order valence-electron chi connectivity index (χ4n) is 5.68. The van der Waals surface area contributed by atoms with Gasteiger partial charge in [0.15, 0.2) is 38.4 Å². The number of anilines is 1. The van der Waals surface area contributed by atoms with E-state index in [9.17, 15) is 0 Å². The van der Waals surface area contributed by atoms with E-state index in [-0.39, 0.29) is 5.49 Å². The van der Waals surface area contributed by atoms with Gasteiger partial charge in [0.1, 0.15) is 34.8 Å². The maximum absolute atomic E-state index is 8.12. The van der Waals surface area contributed by atoms with Gasteiger partial charge in [0.2, 0.25) is 0 Å². The molecule has 0 aliphatic heterocycles. The number of H-pyrrole nitrogens is 1. The van der Waals surface area contributed by atoms with E-state index in [1.54, 1.807) is 57.4 Å². The van der Waals surface area contributed by atoms with E-state index in [1.807, 2.05) is 41.0 Å². The number of nitrogens with one attached hydrogen (secondary N) is 2. The molecule has 0 fully saturated rings. The molecule has 56 heavy (non-hydrogen) atoms. The highest BCUT2D eigenvalue weighted by atomic mass is 32.2. The second kappa shape index (κ2) is 17.9. The first-order valence-corrected chi connectivity index (χ1v) is 20.6. The molecule has 288 valence electrons. The third-order valence-electron chi connectivity index (χ3n) is 8.51. The van der Waals surface area contributed by atoms with Crippen LogP contribution in [0.2, 0.25) is 0 Å². The first-order valence-electron chi connectivity index (χ1n) is 17.2. The zero-order valence-corrected chi connectivity index (χ0v) is 34.2. The number of fused-ring (bicyclic) bond motifs is 2. The molecule has 0 radical (unpaired) electrons. The lowest BCUT2D eigenvalue weighted by atomic mass is 10.3. The predicted molar refractivity (Wildman–Crippen MR) is 221 cm³/mol. The molecule has 18 heteroatoms. The fraction of sp³-hybridized carbons (Fsp3) is 0.211. The van der Waals surface area contributed by atoms with Gasteiger partial charge in [0, 0.05) is 22.8 Å². The molecule has 0 spiro atoms. The van der Waals surface area contributed by atoms with E-state index in [2.05, 4.69) is 59.5 Å². The van der Waals surface area contributed by atoms with Crippen LogP contribution in [0.3, 0.4) is 0 Å². The molecule has 6 aromatic heterocycles. The van der Waals surface area contributed by atoms with Crippen LogP contribution in [-0.2, 0) is 25.9 Å². The van der Waals surface area contributed by atoms with Gasteiger partial charge in [-0.25, -0.2) is 24.9 Å². The van der Waals surface area contributed by atoms with Gasteiger partial charge < -0.3 is 38.8 Å². The van der Waals surface area contributed by atoms with Gasteiger partial charge in [-0.1, -0.05) is 12.1 Å². The molecule has 0 unspecified atom stereocenters.